The molecule has 0 radical (unpaired) electrons. The molecular weight excluding hydrogens is 319 g/mol. The van der Waals surface area contributed by atoms with E-state index in [2.05, 4.69) is 35.0 Å². The molecule has 2 atom stereocenters. The standard InChI is InChI=1S/C17H16BrFO/c1-10-7-14(19)4-5-15(10)17(18)12-3-6-16-13(9-12)8-11(2)20-16/h3-7,9,11,17H,8H2,1-2H3. The quantitative estimate of drug-likeness (QED) is 0.706. The molecule has 0 amide bonds. The molecule has 0 saturated heterocycles. The molecule has 1 aliphatic rings. The second kappa shape index (κ2) is 5.21. The molecule has 20 heavy (non-hydrogen) atoms. The molecule has 1 nitrogen and oxygen atoms in total. The number of alkyl halides is 1. The number of hydrogen-bond donors (Lipinski definition) is 0. The zero-order valence-electron chi connectivity index (χ0n) is 11.5. The SMILES string of the molecule is Cc1cc(F)ccc1C(Br)c1ccc2c(c1)CC(C)O2. The number of benzene rings is 2. The van der Waals surface area contributed by atoms with Crippen molar-refractivity contribution in [1.29, 1.82) is 0 Å². The van der Waals surface area contributed by atoms with E-state index in [1.54, 1.807) is 6.07 Å². The lowest BCUT2D eigenvalue weighted by molar-refractivity contribution is 0.254. The van der Waals surface area contributed by atoms with Crippen LogP contribution in [-0.4, -0.2) is 6.10 Å². The highest BCUT2D eigenvalue weighted by Crippen LogP contribution is 2.37. The van der Waals surface area contributed by atoms with Crippen molar-refractivity contribution in [3.8, 4) is 5.75 Å². The van der Waals surface area contributed by atoms with Crippen molar-refractivity contribution in [2.45, 2.75) is 31.2 Å². The number of ether oxygens (including phenoxy) is 1. The van der Waals surface area contributed by atoms with Crippen LogP contribution in [-0.2, 0) is 6.42 Å². The van der Waals surface area contributed by atoms with Gasteiger partial charge in [-0.3, -0.25) is 0 Å². The third-order valence-corrected chi connectivity index (χ3v) is 4.74. The molecule has 0 saturated carbocycles. The number of halogens is 2. The van der Waals surface area contributed by atoms with E-state index in [0.717, 1.165) is 23.3 Å². The first-order chi connectivity index (χ1) is 9.54. The first-order valence-electron chi connectivity index (χ1n) is 6.74. The van der Waals surface area contributed by atoms with Crippen LogP contribution in [0.1, 0.15) is 34.0 Å². The molecule has 2 aromatic rings. The molecule has 2 aromatic carbocycles. The summed E-state index contributed by atoms with van der Waals surface area (Å²) in [6.45, 7) is 4.01. The van der Waals surface area contributed by atoms with E-state index in [1.807, 2.05) is 19.1 Å². The van der Waals surface area contributed by atoms with E-state index in [-0.39, 0.29) is 16.7 Å². The topological polar surface area (TPSA) is 9.23 Å². The lowest BCUT2D eigenvalue weighted by Gasteiger charge is -2.14. The van der Waals surface area contributed by atoms with Crippen LogP contribution in [0.15, 0.2) is 36.4 Å². The first-order valence-corrected chi connectivity index (χ1v) is 7.66. The minimum atomic E-state index is -0.192. The summed E-state index contributed by atoms with van der Waals surface area (Å²) in [5, 5.41) is 0. The molecule has 104 valence electrons. The molecule has 0 spiro atoms. The second-order valence-corrected chi connectivity index (χ2v) is 6.28. The minimum Gasteiger partial charge on any atom is -0.490 e. The Labute approximate surface area is 126 Å². The Morgan fingerprint density at radius 1 is 1.25 bits per heavy atom. The number of fused-ring (bicyclic) bond motifs is 1. The monoisotopic (exact) mass is 334 g/mol. The Hall–Kier alpha value is -1.35. The Morgan fingerprint density at radius 3 is 2.80 bits per heavy atom. The molecule has 3 rings (SSSR count). The van der Waals surface area contributed by atoms with Gasteiger partial charge in [-0.05, 0) is 54.3 Å². The van der Waals surface area contributed by atoms with Crippen molar-refractivity contribution in [3.05, 3.63) is 64.5 Å². The zero-order valence-corrected chi connectivity index (χ0v) is 13.1. The fourth-order valence-corrected chi connectivity index (χ4v) is 3.50. The molecule has 3 heteroatoms. The lowest BCUT2D eigenvalue weighted by atomic mass is 9.98. The number of hydrogen-bond acceptors (Lipinski definition) is 1. The van der Waals surface area contributed by atoms with Gasteiger partial charge in [-0.15, -0.1) is 0 Å². The third-order valence-electron chi connectivity index (χ3n) is 3.72. The number of rotatable bonds is 2. The highest BCUT2D eigenvalue weighted by Gasteiger charge is 2.21. The van der Waals surface area contributed by atoms with Crippen molar-refractivity contribution in [3.63, 3.8) is 0 Å². The second-order valence-electron chi connectivity index (χ2n) is 5.36. The van der Waals surface area contributed by atoms with E-state index in [0.29, 0.717) is 0 Å². The predicted molar refractivity (Wildman–Crippen MR) is 82.1 cm³/mol. The van der Waals surface area contributed by atoms with Crippen LogP contribution < -0.4 is 4.74 Å². The third kappa shape index (κ3) is 2.47. The molecule has 0 N–H and O–H groups in total. The molecule has 1 heterocycles. The Kier molecular flexibility index (Phi) is 3.55. The van der Waals surface area contributed by atoms with Gasteiger partial charge in [-0.2, -0.15) is 0 Å². The maximum atomic E-state index is 13.2. The summed E-state index contributed by atoms with van der Waals surface area (Å²) in [6.07, 6.45) is 1.20. The first kappa shape index (κ1) is 13.6. The van der Waals surface area contributed by atoms with Crippen LogP contribution in [0.25, 0.3) is 0 Å². The highest BCUT2D eigenvalue weighted by molar-refractivity contribution is 9.09. The van der Waals surface area contributed by atoms with E-state index in [1.165, 1.54) is 17.2 Å². The van der Waals surface area contributed by atoms with Crippen molar-refractivity contribution >= 4 is 15.9 Å². The van der Waals surface area contributed by atoms with Gasteiger partial charge in [0.1, 0.15) is 17.7 Å². The van der Waals surface area contributed by atoms with Gasteiger partial charge in [-0.25, -0.2) is 4.39 Å². The minimum absolute atomic E-state index is 0.0734. The maximum absolute atomic E-state index is 13.2. The lowest BCUT2D eigenvalue weighted by Crippen LogP contribution is -2.05. The highest BCUT2D eigenvalue weighted by atomic mass is 79.9. The fourth-order valence-electron chi connectivity index (χ4n) is 2.70. The van der Waals surface area contributed by atoms with Crippen LogP contribution in [0.3, 0.4) is 0 Å². The van der Waals surface area contributed by atoms with Crippen LogP contribution in [0.2, 0.25) is 0 Å². The van der Waals surface area contributed by atoms with E-state index >= 15 is 0 Å². The van der Waals surface area contributed by atoms with Gasteiger partial charge in [0, 0.05) is 6.42 Å². The van der Waals surface area contributed by atoms with Gasteiger partial charge in [-0.1, -0.05) is 34.1 Å². The average molecular weight is 335 g/mol. The molecule has 0 aromatic heterocycles. The van der Waals surface area contributed by atoms with Gasteiger partial charge in [0.15, 0.2) is 0 Å². The summed E-state index contributed by atoms with van der Waals surface area (Å²) in [6, 6.07) is 11.2. The van der Waals surface area contributed by atoms with Crippen molar-refractivity contribution in [2.24, 2.45) is 0 Å². The largest absolute Gasteiger partial charge is 0.490 e. The Morgan fingerprint density at radius 2 is 2.05 bits per heavy atom. The van der Waals surface area contributed by atoms with Gasteiger partial charge in [0.2, 0.25) is 0 Å². The van der Waals surface area contributed by atoms with Crippen LogP contribution >= 0.6 is 15.9 Å². The zero-order chi connectivity index (χ0) is 14.3. The van der Waals surface area contributed by atoms with Crippen molar-refractivity contribution < 1.29 is 9.13 Å². The molecular formula is C17H16BrFO. The van der Waals surface area contributed by atoms with Crippen molar-refractivity contribution in [1.82, 2.24) is 0 Å². The van der Waals surface area contributed by atoms with Crippen LogP contribution in [0.4, 0.5) is 4.39 Å². The van der Waals surface area contributed by atoms with E-state index < -0.39 is 0 Å². The normalized spacial score (nSPS) is 18.5. The summed E-state index contributed by atoms with van der Waals surface area (Å²) in [4.78, 5) is 0.0734. The van der Waals surface area contributed by atoms with Crippen molar-refractivity contribution in [2.75, 3.05) is 0 Å². The van der Waals surface area contributed by atoms with Crippen LogP contribution in [0, 0.1) is 12.7 Å². The summed E-state index contributed by atoms with van der Waals surface area (Å²) in [5.41, 5.74) is 4.48. The summed E-state index contributed by atoms with van der Waals surface area (Å²) in [5.74, 6) is 0.791. The average Bonchev–Trinajstić information content (AvgIpc) is 2.77. The Bertz CT molecular complexity index is 653. The number of aryl methyl sites for hydroxylation is 1. The van der Waals surface area contributed by atoms with Gasteiger partial charge >= 0.3 is 0 Å². The molecule has 0 fully saturated rings. The van der Waals surface area contributed by atoms with Gasteiger partial charge in [0.25, 0.3) is 0 Å². The van der Waals surface area contributed by atoms with Crippen LogP contribution in [0.5, 0.6) is 5.75 Å². The summed E-state index contributed by atoms with van der Waals surface area (Å²) >= 11 is 3.73. The Balaban J connectivity index is 1.95. The predicted octanol–water partition coefficient (Wildman–Crippen LogP) is 4.94. The molecule has 1 aliphatic heterocycles. The summed E-state index contributed by atoms with van der Waals surface area (Å²) < 4.78 is 18.9. The van der Waals surface area contributed by atoms with Gasteiger partial charge < -0.3 is 4.74 Å². The van der Waals surface area contributed by atoms with E-state index in [4.69, 9.17) is 4.74 Å². The summed E-state index contributed by atoms with van der Waals surface area (Å²) in [7, 11) is 0. The molecule has 0 bridgehead atoms. The van der Waals surface area contributed by atoms with E-state index in [9.17, 15) is 4.39 Å². The molecule has 2 unspecified atom stereocenters. The fraction of sp³-hybridized carbons (Fsp3) is 0.294. The smallest absolute Gasteiger partial charge is 0.123 e. The molecule has 0 aliphatic carbocycles. The van der Waals surface area contributed by atoms with Gasteiger partial charge in [0.05, 0.1) is 4.83 Å². The maximum Gasteiger partial charge on any atom is 0.123 e.